The summed E-state index contributed by atoms with van der Waals surface area (Å²) in [6, 6.07) is 12.5. The molecule has 7 nitrogen and oxygen atoms in total. The van der Waals surface area contributed by atoms with E-state index in [2.05, 4.69) is 25.9 Å². The number of anilines is 3. The zero-order valence-electron chi connectivity index (χ0n) is 16.6. The molecule has 1 aliphatic carbocycles. The third-order valence-corrected chi connectivity index (χ3v) is 5.61. The molecule has 1 fully saturated rings. The third-order valence-electron chi connectivity index (χ3n) is 5.38. The summed E-state index contributed by atoms with van der Waals surface area (Å²) >= 11 is 6.09. The van der Waals surface area contributed by atoms with E-state index in [0.717, 1.165) is 23.4 Å². The van der Waals surface area contributed by atoms with Crippen molar-refractivity contribution in [3.05, 3.63) is 64.8 Å². The Bertz CT molecular complexity index is 1180. The van der Waals surface area contributed by atoms with Crippen LogP contribution in [0.3, 0.4) is 0 Å². The Kier molecular flexibility index (Phi) is 5.03. The molecule has 0 atom stereocenters. The number of amides is 2. The molecular weight excluding hydrogens is 414 g/mol. The van der Waals surface area contributed by atoms with Gasteiger partial charge in [-0.3, -0.25) is 9.59 Å². The first-order chi connectivity index (χ1) is 15.0. The molecule has 3 aromatic rings. The van der Waals surface area contributed by atoms with Crippen molar-refractivity contribution in [2.24, 2.45) is 5.92 Å². The normalized spacial score (nSPS) is 14.7. The van der Waals surface area contributed by atoms with E-state index in [9.17, 15) is 9.59 Å². The number of nitrogens with zero attached hydrogens (tertiary/aromatic N) is 2. The predicted octanol–water partition coefficient (Wildman–Crippen LogP) is 4.18. The Morgan fingerprint density at radius 1 is 1.16 bits per heavy atom. The molecule has 0 saturated heterocycles. The van der Waals surface area contributed by atoms with Crippen molar-refractivity contribution in [3.63, 3.8) is 0 Å². The summed E-state index contributed by atoms with van der Waals surface area (Å²) in [6.07, 6.45) is 4.25. The molecule has 2 aliphatic rings. The number of hydrogen-bond donors (Lipinski definition) is 3. The van der Waals surface area contributed by atoms with Crippen molar-refractivity contribution in [2.75, 3.05) is 17.2 Å². The van der Waals surface area contributed by atoms with Crippen LogP contribution in [0.4, 0.5) is 17.3 Å². The first-order valence-corrected chi connectivity index (χ1v) is 10.5. The molecule has 0 radical (unpaired) electrons. The topological polar surface area (TPSA) is 96.0 Å². The average molecular weight is 434 g/mol. The zero-order chi connectivity index (χ0) is 21.4. The number of carbonyl (C=O) groups excluding carboxylic acids is 2. The quantitative estimate of drug-likeness (QED) is 0.561. The molecule has 1 aromatic heterocycles. The molecular formula is C23H20ClN5O2. The monoisotopic (exact) mass is 433 g/mol. The van der Waals surface area contributed by atoms with Gasteiger partial charge in [0.2, 0.25) is 11.9 Å². The molecule has 2 heterocycles. The van der Waals surface area contributed by atoms with Crippen LogP contribution >= 0.6 is 11.6 Å². The number of benzene rings is 2. The van der Waals surface area contributed by atoms with E-state index in [0.29, 0.717) is 33.8 Å². The second kappa shape index (κ2) is 8.00. The molecule has 3 N–H and O–H groups in total. The van der Waals surface area contributed by atoms with Crippen LogP contribution in [0.15, 0.2) is 48.7 Å². The number of nitrogens with one attached hydrogen (secondary N) is 3. The van der Waals surface area contributed by atoms with E-state index in [1.165, 1.54) is 12.8 Å². The van der Waals surface area contributed by atoms with Crippen LogP contribution in [-0.4, -0.2) is 28.3 Å². The van der Waals surface area contributed by atoms with Gasteiger partial charge in [-0.25, -0.2) is 9.97 Å². The molecule has 5 rings (SSSR count). The Morgan fingerprint density at radius 2 is 1.97 bits per heavy atom. The van der Waals surface area contributed by atoms with Gasteiger partial charge in [0.1, 0.15) is 0 Å². The van der Waals surface area contributed by atoms with Crippen LogP contribution in [0.2, 0.25) is 5.02 Å². The Balaban J connectivity index is 1.37. The summed E-state index contributed by atoms with van der Waals surface area (Å²) in [6.45, 7) is 0.742. The summed E-state index contributed by atoms with van der Waals surface area (Å²) in [7, 11) is 0. The molecule has 1 saturated carbocycles. The molecule has 0 spiro atoms. The van der Waals surface area contributed by atoms with Gasteiger partial charge in [0, 0.05) is 40.1 Å². The maximum absolute atomic E-state index is 12.2. The van der Waals surface area contributed by atoms with Gasteiger partial charge in [0.05, 0.1) is 17.8 Å². The average Bonchev–Trinajstić information content (AvgIpc) is 3.59. The first-order valence-electron chi connectivity index (χ1n) is 10.2. The highest BCUT2D eigenvalue weighted by atomic mass is 35.5. The summed E-state index contributed by atoms with van der Waals surface area (Å²) in [4.78, 5) is 33.4. The van der Waals surface area contributed by atoms with Gasteiger partial charge in [0.25, 0.3) is 5.91 Å². The summed E-state index contributed by atoms with van der Waals surface area (Å²) in [5.74, 6) is 0.844. The van der Waals surface area contributed by atoms with E-state index in [-0.39, 0.29) is 18.2 Å². The van der Waals surface area contributed by atoms with Gasteiger partial charge in [-0.2, -0.15) is 0 Å². The van der Waals surface area contributed by atoms with Gasteiger partial charge in [-0.15, -0.1) is 0 Å². The van der Waals surface area contributed by atoms with Crippen molar-refractivity contribution in [3.8, 4) is 11.3 Å². The second-order valence-electron chi connectivity index (χ2n) is 7.84. The summed E-state index contributed by atoms with van der Waals surface area (Å²) in [5, 5.41) is 9.53. The predicted molar refractivity (Wildman–Crippen MR) is 120 cm³/mol. The number of carbonyl (C=O) groups is 2. The van der Waals surface area contributed by atoms with Gasteiger partial charge < -0.3 is 16.0 Å². The smallest absolute Gasteiger partial charge is 0.251 e. The summed E-state index contributed by atoms with van der Waals surface area (Å²) < 4.78 is 0. The van der Waals surface area contributed by atoms with Gasteiger partial charge >= 0.3 is 0 Å². The molecule has 0 unspecified atom stereocenters. The molecule has 0 bridgehead atoms. The van der Waals surface area contributed by atoms with Crippen molar-refractivity contribution in [1.82, 2.24) is 15.3 Å². The maximum atomic E-state index is 12.2. The van der Waals surface area contributed by atoms with Crippen molar-refractivity contribution in [1.29, 1.82) is 0 Å². The first kappa shape index (κ1) is 19.5. The van der Waals surface area contributed by atoms with Crippen LogP contribution in [0.1, 0.15) is 28.8 Å². The highest BCUT2D eigenvalue weighted by molar-refractivity contribution is 6.31. The van der Waals surface area contributed by atoms with Gasteiger partial charge in [0.15, 0.2) is 0 Å². The molecule has 156 valence electrons. The molecule has 2 amide bonds. The minimum Gasteiger partial charge on any atom is -0.352 e. The standard InChI is InChI=1S/C23H20ClN5O2/c24-16-5-8-18-19(10-16)28-20(30)9-15-12-26-23(29-21(15)18)27-17-6-3-14(4-7-17)22(31)25-11-13-1-2-13/h3-8,10,12-13H,1-2,9,11H2,(H,25,31)(H,28,30)(H,26,27,29). The lowest BCUT2D eigenvalue weighted by atomic mass is 10.1. The van der Waals surface area contributed by atoms with Crippen LogP contribution in [-0.2, 0) is 11.2 Å². The Labute approximate surface area is 184 Å². The van der Waals surface area contributed by atoms with Crippen LogP contribution in [0.5, 0.6) is 0 Å². The summed E-state index contributed by atoms with van der Waals surface area (Å²) in [5.41, 5.74) is 4.22. The van der Waals surface area contributed by atoms with E-state index in [1.54, 1.807) is 30.5 Å². The van der Waals surface area contributed by atoms with Crippen molar-refractivity contribution < 1.29 is 9.59 Å². The van der Waals surface area contributed by atoms with Crippen molar-refractivity contribution in [2.45, 2.75) is 19.3 Å². The number of aromatic nitrogens is 2. The Hall–Kier alpha value is -3.45. The fraction of sp³-hybridized carbons (Fsp3) is 0.217. The van der Waals surface area contributed by atoms with Gasteiger partial charge in [-0.1, -0.05) is 11.6 Å². The lowest BCUT2D eigenvalue weighted by Crippen LogP contribution is -2.25. The molecule has 8 heteroatoms. The second-order valence-corrected chi connectivity index (χ2v) is 8.27. The van der Waals surface area contributed by atoms with Crippen LogP contribution in [0.25, 0.3) is 11.3 Å². The fourth-order valence-corrected chi connectivity index (χ4v) is 3.69. The number of fused-ring (bicyclic) bond motifs is 3. The number of hydrogen-bond acceptors (Lipinski definition) is 5. The molecule has 31 heavy (non-hydrogen) atoms. The highest BCUT2D eigenvalue weighted by Crippen LogP contribution is 2.35. The zero-order valence-corrected chi connectivity index (χ0v) is 17.4. The SMILES string of the molecule is O=C1Cc2cnc(Nc3ccc(C(=O)NCC4CC4)cc3)nc2-c2ccc(Cl)cc2N1. The minimum atomic E-state index is -0.137. The van der Waals surface area contributed by atoms with Gasteiger partial charge in [-0.05, 0) is 61.2 Å². The largest absolute Gasteiger partial charge is 0.352 e. The number of halogens is 1. The lowest BCUT2D eigenvalue weighted by Gasteiger charge is -2.11. The maximum Gasteiger partial charge on any atom is 0.251 e. The minimum absolute atomic E-state index is 0.0628. The third kappa shape index (κ3) is 4.36. The van der Waals surface area contributed by atoms with E-state index < -0.39 is 0 Å². The molecule has 2 aromatic carbocycles. The van der Waals surface area contributed by atoms with Crippen LogP contribution < -0.4 is 16.0 Å². The van der Waals surface area contributed by atoms with E-state index >= 15 is 0 Å². The van der Waals surface area contributed by atoms with Crippen LogP contribution in [0, 0.1) is 5.92 Å². The number of rotatable bonds is 5. The molecule has 1 aliphatic heterocycles. The van der Waals surface area contributed by atoms with E-state index in [4.69, 9.17) is 11.6 Å². The Morgan fingerprint density at radius 3 is 2.74 bits per heavy atom. The lowest BCUT2D eigenvalue weighted by molar-refractivity contribution is -0.115. The van der Waals surface area contributed by atoms with E-state index in [1.807, 2.05) is 18.2 Å². The fourth-order valence-electron chi connectivity index (χ4n) is 3.52. The highest BCUT2D eigenvalue weighted by Gasteiger charge is 2.22. The van der Waals surface area contributed by atoms with Crippen molar-refractivity contribution >= 4 is 40.7 Å².